The summed E-state index contributed by atoms with van der Waals surface area (Å²) in [6.45, 7) is 0.277. The van der Waals surface area contributed by atoms with E-state index in [1.54, 1.807) is 12.5 Å². The zero-order valence-corrected chi connectivity index (χ0v) is 8.16. The standard InChI is InChI=1S/C8H9N3O2S/c9-3-7-10-11-8(13-7)14-5-6-1-2-12-4-6/h1-2,4H,3,5,9H2. The maximum absolute atomic E-state index is 5.33. The maximum atomic E-state index is 5.33. The molecule has 0 bridgehead atoms. The summed E-state index contributed by atoms with van der Waals surface area (Å²) in [6, 6.07) is 1.90. The van der Waals surface area contributed by atoms with E-state index in [0.717, 1.165) is 11.3 Å². The highest BCUT2D eigenvalue weighted by Crippen LogP contribution is 2.21. The van der Waals surface area contributed by atoms with Crippen LogP contribution in [0.1, 0.15) is 11.5 Å². The summed E-state index contributed by atoms with van der Waals surface area (Å²) in [6.07, 6.45) is 3.32. The molecule has 2 aromatic heterocycles. The van der Waals surface area contributed by atoms with Gasteiger partial charge in [0.1, 0.15) is 0 Å². The summed E-state index contributed by atoms with van der Waals surface area (Å²) in [7, 11) is 0. The van der Waals surface area contributed by atoms with Gasteiger partial charge in [-0.15, -0.1) is 10.2 Å². The van der Waals surface area contributed by atoms with Crippen molar-refractivity contribution in [2.45, 2.75) is 17.5 Å². The van der Waals surface area contributed by atoms with Crippen molar-refractivity contribution < 1.29 is 8.83 Å². The van der Waals surface area contributed by atoms with Crippen LogP contribution in [-0.2, 0) is 12.3 Å². The Hall–Kier alpha value is -1.27. The Morgan fingerprint density at radius 2 is 2.36 bits per heavy atom. The Bertz CT molecular complexity index is 385. The first-order chi connectivity index (χ1) is 6.88. The van der Waals surface area contributed by atoms with E-state index in [-0.39, 0.29) is 6.54 Å². The van der Waals surface area contributed by atoms with Crippen molar-refractivity contribution in [3.8, 4) is 0 Å². The van der Waals surface area contributed by atoms with Gasteiger partial charge in [0.25, 0.3) is 5.22 Å². The quantitative estimate of drug-likeness (QED) is 0.770. The van der Waals surface area contributed by atoms with Gasteiger partial charge in [0.2, 0.25) is 5.89 Å². The molecule has 0 amide bonds. The highest BCUT2D eigenvalue weighted by molar-refractivity contribution is 7.98. The van der Waals surface area contributed by atoms with Gasteiger partial charge in [0.15, 0.2) is 0 Å². The fourth-order valence-corrected chi connectivity index (χ4v) is 1.61. The van der Waals surface area contributed by atoms with Crippen molar-refractivity contribution in [2.24, 2.45) is 5.73 Å². The molecule has 0 radical (unpaired) electrons. The molecule has 2 heterocycles. The van der Waals surface area contributed by atoms with E-state index in [1.807, 2.05) is 6.07 Å². The molecule has 2 N–H and O–H groups in total. The first-order valence-electron chi connectivity index (χ1n) is 4.05. The minimum Gasteiger partial charge on any atom is -0.472 e. The molecule has 0 aliphatic rings. The van der Waals surface area contributed by atoms with Crippen molar-refractivity contribution >= 4 is 11.8 Å². The molecule has 0 saturated heterocycles. The molecule has 0 saturated carbocycles. The van der Waals surface area contributed by atoms with E-state index < -0.39 is 0 Å². The van der Waals surface area contributed by atoms with Gasteiger partial charge in [0.05, 0.1) is 19.1 Å². The summed E-state index contributed by atoms with van der Waals surface area (Å²) in [5.41, 5.74) is 6.42. The van der Waals surface area contributed by atoms with E-state index in [0.29, 0.717) is 11.1 Å². The van der Waals surface area contributed by atoms with Crippen LogP contribution in [0.5, 0.6) is 0 Å². The summed E-state index contributed by atoms with van der Waals surface area (Å²) < 4.78 is 10.1. The number of furan rings is 1. The first-order valence-corrected chi connectivity index (χ1v) is 5.03. The molecule has 0 unspecified atom stereocenters. The van der Waals surface area contributed by atoms with E-state index in [2.05, 4.69) is 10.2 Å². The molecule has 0 spiro atoms. The van der Waals surface area contributed by atoms with Crippen LogP contribution in [0.2, 0.25) is 0 Å². The number of nitrogens with zero attached hydrogens (tertiary/aromatic N) is 2. The summed E-state index contributed by atoms with van der Waals surface area (Å²) in [5.74, 6) is 1.21. The fraction of sp³-hybridized carbons (Fsp3) is 0.250. The third-order valence-electron chi connectivity index (χ3n) is 1.57. The van der Waals surface area contributed by atoms with Gasteiger partial charge in [-0.25, -0.2) is 0 Å². The predicted molar refractivity (Wildman–Crippen MR) is 50.5 cm³/mol. The van der Waals surface area contributed by atoms with Crippen LogP contribution >= 0.6 is 11.8 Å². The summed E-state index contributed by atoms with van der Waals surface area (Å²) >= 11 is 1.46. The lowest BCUT2D eigenvalue weighted by Crippen LogP contribution is -1.95. The van der Waals surface area contributed by atoms with Crippen LogP contribution in [0.3, 0.4) is 0 Å². The third kappa shape index (κ3) is 2.15. The van der Waals surface area contributed by atoms with Crippen LogP contribution in [0, 0.1) is 0 Å². The Morgan fingerprint density at radius 1 is 1.43 bits per heavy atom. The van der Waals surface area contributed by atoms with Gasteiger partial charge in [-0.3, -0.25) is 0 Å². The summed E-state index contributed by atoms with van der Waals surface area (Å²) in [5, 5.41) is 8.10. The zero-order valence-electron chi connectivity index (χ0n) is 7.34. The van der Waals surface area contributed by atoms with Crippen molar-refractivity contribution in [2.75, 3.05) is 0 Å². The number of rotatable bonds is 4. The Balaban J connectivity index is 1.92. The van der Waals surface area contributed by atoms with Crippen molar-refractivity contribution in [3.63, 3.8) is 0 Å². The van der Waals surface area contributed by atoms with E-state index in [4.69, 9.17) is 14.6 Å². The number of hydrogen-bond acceptors (Lipinski definition) is 6. The van der Waals surface area contributed by atoms with Gasteiger partial charge >= 0.3 is 0 Å². The van der Waals surface area contributed by atoms with Gasteiger partial charge in [-0.05, 0) is 6.07 Å². The number of hydrogen-bond donors (Lipinski definition) is 1. The second-order valence-electron chi connectivity index (χ2n) is 2.59. The molecule has 2 aromatic rings. The Kier molecular flexibility index (Phi) is 2.85. The molecular formula is C8H9N3O2S. The SMILES string of the molecule is NCc1nnc(SCc2ccoc2)o1. The van der Waals surface area contributed by atoms with Crippen molar-refractivity contribution in [1.29, 1.82) is 0 Å². The molecular weight excluding hydrogens is 202 g/mol. The molecule has 6 heteroatoms. The van der Waals surface area contributed by atoms with Crippen LogP contribution in [0.15, 0.2) is 32.6 Å². The molecule has 0 atom stereocenters. The third-order valence-corrected chi connectivity index (χ3v) is 2.45. The normalized spacial score (nSPS) is 10.6. The Labute approximate surface area is 84.7 Å². The van der Waals surface area contributed by atoms with Crippen molar-refractivity contribution in [1.82, 2.24) is 10.2 Å². The monoisotopic (exact) mass is 211 g/mol. The molecule has 0 fully saturated rings. The highest BCUT2D eigenvalue weighted by Gasteiger charge is 2.05. The lowest BCUT2D eigenvalue weighted by Gasteiger charge is -1.90. The lowest BCUT2D eigenvalue weighted by atomic mass is 10.4. The van der Waals surface area contributed by atoms with E-state index in [9.17, 15) is 0 Å². The molecule has 74 valence electrons. The second-order valence-corrected chi connectivity index (χ2v) is 3.51. The van der Waals surface area contributed by atoms with Gasteiger partial charge in [-0.2, -0.15) is 0 Å². The second kappa shape index (κ2) is 4.30. The number of nitrogens with two attached hydrogens (primary N) is 1. The predicted octanol–water partition coefficient (Wildman–Crippen LogP) is 1.41. The fourth-order valence-electron chi connectivity index (χ4n) is 0.899. The minimum atomic E-state index is 0.277. The number of thioether (sulfide) groups is 1. The average molecular weight is 211 g/mol. The van der Waals surface area contributed by atoms with Gasteiger partial charge in [0, 0.05) is 11.3 Å². The topological polar surface area (TPSA) is 78.1 Å². The minimum absolute atomic E-state index is 0.277. The Morgan fingerprint density at radius 3 is 3.00 bits per heavy atom. The van der Waals surface area contributed by atoms with Crippen LogP contribution in [0.25, 0.3) is 0 Å². The van der Waals surface area contributed by atoms with E-state index in [1.165, 1.54) is 11.8 Å². The van der Waals surface area contributed by atoms with Gasteiger partial charge in [-0.1, -0.05) is 11.8 Å². The number of aromatic nitrogens is 2. The molecule has 5 nitrogen and oxygen atoms in total. The maximum Gasteiger partial charge on any atom is 0.276 e. The summed E-state index contributed by atoms with van der Waals surface area (Å²) in [4.78, 5) is 0. The van der Waals surface area contributed by atoms with Crippen LogP contribution < -0.4 is 5.73 Å². The lowest BCUT2D eigenvalue weighted by molar-refractivity contribution is 0.414. The van der Waals surface area contributed by atoms with Crippen LogP contribution in [0.4, 0.5) is 0 Å². The smallest absolute Gasteiger partial charge is 0.276 e. The molecule has 0 aliphatic carbocycles. The molecule has 0 aliphatic heterocycles. The molecule has 14 heavy (non-hydrogen) atoms. The molecule has 2 rings (SSSR count). The highest BCUT2D eigenvalue weighted by atomic mass is 32.2. The van der Waals surface area contributed by atoms with Crippen LogP contribution in [-0.4, -0.2) is 10.2 Å². The first kappa shape index (κ1) is 9.29. The largest absolute Gasteiger partial charge is 0.472 e. The van der Waals surface area contributed by atoms with Gasteiger partial charge < -0.3 is 14.6 Å². The van der Waals surface area contributed by atoms with E-state index >= 15 is 0 Å². The molecule has 0 aromatic carbocycles. The average Bonchev–Trinajstić information content (AvgIpc) is 2.86. The zero-order chi connectivity index (χ0) is 9.80. The van der Waals surface area contributed by atoms with Crippen molar-refractivity contribution in [3.05, 3.63) is 30.0 Å².